The van der Waals surface area contributed by atoms with Gasteiger partial charge in [-0.25, -0.2) is 15.0 Å². The number of nitrogens with zero attached hydrogens (tertiary/aromatic N) is 3. The predicted molar refractivity (Wildman–Crippen MR) is 126 cm³/mol. The molecule has 3 rings (SSSR count). The molecule has 0 spiro atoms. The molecule has 35 heavy (non-hydrogen) atoms. The first-order valence-electron chi connectivity index (χ1n) is 9.94. The molecule has 0 aliphatic heterocycles. The smallest absolute Gasteiger partial charge is 0.395 e. The van der Waals surface area contributed by atoms with Crippen molar-refractivity contribution in [1.29, 1.82) is 0 Å². The highest BCUT2D eigenvalue weighted by molar-refractivity contribution is 7.13. The first kappa shape index (κ1) is 27.0. The third-order valence-corrected chi connectivity index (χ3v) is 6.42. The van der Waals surface area contributed by atoms with Gasteiger partial charge in [-0.2, -0.15) is 13.2 Å². The maximum absolute atomic E-state index is 13.0. The minimum Gasteiger partial charge on any atom is -0.395 e. The second-order valence-electron chi connectivity index (χ2n) is 7.07. The predicted octanol–water partition coefficient (Wildman–Crippen LogP) is 4.26. The topological polar surface area (TPSA) is 132 Å². The summed E-state index contributed by atoms with van der Waals surface area (Å²) in [6, 6.07) is 2.50. The van der Waals surface area contributed by atoms with E-state index in [9.17, 15) is 23.1 Å². The zero-order valence-electron chi connectivity index (χ0n) is 17.9. The van der Waals surface area contributed by atoms with E-state index in [1.165, 1.54) is 18.6 Å². The summed E-state index contributed by atoms with van der Waals surface area (Å²) in [7, 11) is 0. The molecule has 1 amide bonds. The molecule has 0 bridgehead atoms. The normalized spacial score (nSPS) is 13.4. The van der Waals surface area contributed by atoms with E-state index >= 15 is 0 Å². The highest BCUT2D eigenvalue weighted by Crippen LogP contribution is 2.36. The molecule has 2 aromatic heterocycles. The quantitative estimate of drug-likeness (QED) is 0.250. The number of anilines is 2. The van der Waals surface area contributed by atoms with Crippen LogP contribution in [0.1, 0.15) is 45.1 Å². The van der Waals surface area contributed by atoms with Crippen molar-refractivity contribution in [3.05, 3.63) is 61.9 Å². The fourth-order valence-electron chi connectivity index (χ4n) is 2.86. The minimum absolute atomic E-state index is 0.0635. The molecule has 15 heteroatoms. The Balaban J connectivity index is 1.68. The lowest BCUT2D eigenvalue weighted by atomic mass is 10.2. The SMILES string of the molecule is C[C@@H](NC(O)c1ncnc(NCCO)c1Cl)c1ncc(C(=O)Nc2ccc(Cl)c(C(F)(F)F)c2)s1. The lowest BCUT2D eigenvalue weighted by molar-refractivity contribution is -0.137. The molecule has 0 saturated heterocycles. The standard InChI is InChI=1S/C20H19Cl2F3N6O3S/c1-9(30-18(34)15-14(22)16(26-4-5-32)29-8-28-15)19-27-7-13(35-19)17(33)31-10-2-3-12(21)11(6-10)20(23,24)25/h2-3,6-9,18,30,32,34H,4-5H2,1H3,(H,31,33)(H,26,28,29)/t9-,18?/m1/s1. The minimum atomic E-state index is -4.67. The maximum atomic E-state index is 13.0. The van der Waals surface area contributed by atoms with Crippen LogP contribution in [0, 0.1) is 0 Å². The summed E-state index contributed by atoms with van der Waals surface area (Å²) in [4.78, 5) is 24.7. The number of amides is 1. The van der Waals surface area contributed by atoms with Gasteiger partial charge in [-0.05, 0) is 25.1 Å². The van der Waals surface area contributed by atoms with E-state index in [-0.39, 0.29) is 40.3 Å². The molecule has 0 aliphatic rings. The number of aromatic nitrogens is 3. The molecule has 188 valence electrons. The summed E-state index contributed by atoms with van der Waals surface area (Å²) in [5.74, 6) is -0.418. The van der Waals surface area contributed by atoms with Gasteiger partial charge in [-0.1, -0.05) is 23.2 Å². The van der Waals surface area contributed by atoms with Crippen LogP contribution in [0.25, 0.3) is 0 Å². The van der Waals surface area contributed by atoms with Crippen LogP contribution in [0.3, 0.4) is 0 Å². The Hall–Kier alpha value is -2.55. The Bertz CT molecular complexity index is 1200. The van der Waals surface area contributed by atoms with Gasteiger partial charge in [0.1, 0.15) is 39.0 Å². The summed E-state index contributed by atoms with van der Waals surface area (Å²) in [6.07, 6.45) is -3.51. The van der Waals surface area contributed by atoms with Gasteiger partial charge in [-0.3, -0.25) is 10.1 Å². The van der Waals surface area contributed by atoms with E-state index < -0.39 is 34.9 Å². The van der Waals surface area contributed by atoms with Crippen LogP contribution < -0.4 is 16.0 Å². The first-order chi connectivity index (χ1) is 16.5. The average molecular weight is 551 g/mol. The van der Waals surface area contributed by atoms with Gasteiger partial charge in [0.15, 0.2) is 0 Å². The van der Waals surface area contributed by atoms with E-state index in [2.05, 4.69) is 30.9 Å². The third-order valence-electron chi connectivity index (χ3n) is 4.53. The molecule has 1 unspecified atom stereocenters. The van der Waals surface area contributed by atoms with Gasteiger partial charge >= 0.3 is 6.18 Å². The number of carbonyl (C=O) groups is 1. The molecular weight excluding hydrogens is 532 g/mol. The summed E-state index contributed by atoms with van der Waals surface area (Å²) in [5, 5.41) is 27.5. The molecule has 2 atom stereocenters. The lowest BCUT2D eigenvalue weighted by Gasteiger charge is -2.18. The Labute approximate surface area is 211 Å². The second-order valence-corrected chi connectivity index (χ2v) is 8.92. The number of hydrogen-bond acceptors (Lipinski definition) is 9. The zero-order chi connectivity index (χ0) is 25.8. The van der Waals surface area contributed by atoms with Gasteiger partial charge in [0.2, 0.25) is 0 Å². The molecule has 2 heterocycles. The molecule has 0 radical (unpaired) electrons. The van der Waals surface area contributed by atoms with Crippen LogP contribution in [0.4, 0.5) is 24.7 Å². The lowest BCUT2D eigenvalue weighted by Crippen LogP contribution is -2.25. The van der Waals surface area contributed by atoms with Crippen molar-refractivity contribution in [3.63, 3.8) is 0 Å². The number of aliphatic hydroxyl groups excluding tert-OH is 2. The molecule has 1 aromatic carbocycles. The number of hydrogen-bond donors (Lipinski definition) is 5. The number of benzene rings is 1. The highest BCUT2D eigenvalue weighted by atomic mass is 35.5. The zero-order valence-corrected chi connectivity index (χ0v) is 20.2. The molecule has 0 fully saturated rings. The van der Waals surface area contributed by atoms with Crippen molar-refractivity contribution >= 4 is 52.0 Å². The summed E-state index contributed by atoms with van der Waals surface area (Å²) < 4.78 is 39.1. The van der Waals surface area contributed by atoms with Gasteiger partial charge in [0.25, 0.3) is 5.91 Å². The molecule has 3 aromatic rings. The van der Waals surface area contributed by atoms with Crippen LogP contribution >= 0.6 is 34.5 Å². The Kier molecular flexibility index (Phi) is 8.85. The van der Waals surface area contributed by atoms with E-state index in [1.54, 1.807) is 6.92 Å². The van der Waals surface area contributed by atoms with Gasteiger partial charge < -0.3 is 20.8 Å². The number of alkyl halides is 3. The fourth-order valence-corrected chi connectivity index (χ4v) is 4.18. The van der Waals surface area contributed by atoms with Crippen molar-refractivity contribution < 1.29 is 28.2 Å². The van der Waals surface area contributed by atoms with Crippen LogP contribution in [0.5, 0.6) is 0 Å². The largest absolute Gasteiger partial charge is 0.417 e. The second kappa shape index (κ2) is 11.5. The number of nitrogens with one attached hydrogen (secondary N) is 3. The van der Waals surface area contributed by atoms with Crippen molar-refractivity contribution in [2.75, 3.05) is 23.8 Å². The Morgan fingerprint density at radius 2 is 1.97 bits per heavy atom. The Morgan fingerprint density at radius 1 is 1.23 bits per heavy atom. The molecule has 0 saturated carbocycles. The van der Waals surface area contributed by atoms with Crippen LogP contribution in [-0.2, 0) is 6.18 Å². The van der Waals surface area contributed by atoms with E-state index in [4.69, 9.17) is 28.3 Å². The molecular formula is C20H19Cl2F3N6O3S. The third kappa shape index (κ3) is 6.78. The number of thiazole rings is 1. The molecule has 5 N–H and O–H groups in total. The maximum Gasteiger partial charge on any atom is 0.417 e. The van der Waals surface area contributed by atoms with Gasteiger partial charge in [0.05, 0.1) is 29.4 Å². The summed E-state index contributed by atoms with van der Waals surface area (Å²) in [5.41, 5.74) is -1.05. The average Bonchev–Trinajstić information content (AvgIpc) is 3.29. The monoisotopic (exact) mass is 550 g/mol. The van der Waals surface area contributed by atoms with Crippen molar-refractivity contribution in [2.45, 2.75) is 25.4 Å². The Morgan fingerprint density at radius 3 is 2.66 bits per heavy atom. The van der Waals surface area contributed by atoms with E-state index in [1.807, 2.05) is 0 Å². The molecule has 0 aliphatic carbocycles. The van der Waals surface area contributed by atoms with Gasteiger partial charge in [-0.15, -0.1) is 11.3 Å². The van der Waals surface area contributed by atoms with Gasteiger partial charge in [0, 0.05) is 12.2 Å². The number of aliphatic hydroxyl groups is 2. The first-order valence-corrected chi connectivity index (χ1v) is 11.5. The number of halogens is 5. The van der Waals surface area contributed by atoms with E-state index in [0.717, 1.165) is 23.5 Å². The van der Waals surface area contributed by atoms with Crippen molar-refractivity contribution in [1.82, 2.24) is 20.3 Å². The fraction of sp³-hybridized carbons (Fsp3) is 0.300. The molecule has 9 nitrogen and oxygen atoms in total. The number of carbonyl (C=O) groups excluding carboxylic acids is 1. The van der Waals surface area contributed by atoms with Crippen molar-refractivity contribution in [2.24, 2.45) is 0 Å². The van der Waals surface area contributed by atoms with Crippen LogP contribution in [0.2, 0.25) is 10.0 Å². The van der Waals surface area contributed by atoms with E-state index in [0.29, 0.717) is 5.01 Å². The van der Waals surface area contributed by atoms with Crippen molar-refractivity contribution in [3.8, 4) is 0 Å². The highest BCUT2D eigenvalue weighted by Gasteiger charge is 2.33. The van der Waals surface area contributed by atoms with Crippen LogP contribution in [-0.4, -0.2) is 44.2 Å². The summed E-state index contributed by atoms with van der Waals surface area (Å²) in [6.45, 7) is 1.74. The number of rotatable bonds is 9. The summed E-state index contributed by atoms with van der Waals surface area (Å²) >= 11 is 12.8. The van der Waals surface area contributed by atoms with Crippen LogP contribution in [0.15, 0.2) is 30.7 Å².